The van der Waals surface area contributed by atoms with Gasteiger partial charge in [-0.3, -0.25) is 4.79 Å². The first kappa shape index (κ1) is 18.5. The number of piperidine rings is 1. The van der Waals surface area contributed by atoms with Gasteiger partial charge in [0, 0.05) is 35.3 Å². The fraction of sp³-hybridized carbons (Fsp3) is 0.435. The number of rotatable bonds is 5. The SMILES string of the molecule is CN1[C@H]2CC[C@H]1CC(N(CCc1ccccc1)C(=O)c1ccc(Cl)cc1)C2. The number of amides is 1. The fourth-order valence-corrected chi connectivity index (χ4v) is 4.87. The van der Waals surface area contributed by atoms with E-state index in [1.807, 2.05) is 30.3 Å². The molecule has 4 rings (SSSR count). The van der Waals surface area contributed by atoms with Crippen LogP contribution in [0, 0.1) is 0 Å². The summed E-state index contributed by atoms with van der Waals surface area (Å²) in [6.07, 6.45) is 5.59. The Bertz CT molecular complexity index is 763. The van der Waals surface area contributed by atoms with E-state index in [-0.39, 0.29) is 5.91 Å². The van der Waals surface area contributed by atoms with Crippen molar-refractivity contribution >= 4 is 17.5 Å². The van der Waals surface area contributed by atoms with Gasteiger partial charge in [0.1, 0.15) is 0 Å². The lowest BCUT2D eigenvalue weighted by Gasteiger charge is -2.42. The molecule has 0 N–H and O–H groups in total. The van der Waals surface area contributed by atoms with E-state index in [1.54, 1.807) is 0 Å². The molecule has 2 aromatic rings. The van der Waals surface area contributed by atoms with E-state index in [4.69, 9.17) is 11.6 Å². The van der Waals surface area contributed by atoms with Crippen molar-refractivity contribution in [2.45, 2.75) is 50.2 Å². The molecule has 2 aliphatic heterocycles. The molecule has 142 valence electrons. The summed E-state index contributed by atoms with van der Waals surface area (Å²) in [4.78, 5) is 18.0. The minimum absolute atomic E-state index is 0.136. The van der Waals surface area contributed by atoms with Gasteiger partial charge in [-0.2, -0.15) is 0 Å². The summed E-state index contributed by atoms with van der Waals surface area (Å²) >= 11 is 6.02. The first-order chi connectivity index (χ1) is 13.1. The van der Waals surface area contributed by atoms with Crippen molar-refractivity contribution in [3.05, 3.63) is 70.7 Å². The Morgan fingerprint density at radius 3 is 2.30 bits per heavy atom. The summed E-state index contributed by atoms with van der Waals surface area (Å²) in [7, 11) is 2.24. The molecule has 0 aromatic heterocycles. The van der Waals surface area contributed by atoms with E-state index in [1.165, 1.54) is 18.4 Å². The van der Waals surface area contributed by atoms with Gasteiger partial charge in [-0.1, -0.05) is 41.9 Å². The van der Waals surface area contributed by atoms with Crippen molar-refractivity contribution in [2.24, 2.45) is 0 Å². The van der Waals surface area contributed by atoms with Crippen molar-refractivity contribution in [1.29, 1.82) is 0 Å². The summed E-state index contributed by atoms with van der Waals surface area (Å²) < 4.78 is 0. The third-order valence-electron chi connectivity index (χ3n) is 6.35. The van der Waals surface area contributed by atoms with Crippen LogP contribution in [-0.2, 0) is 6.42 Å². The molecule has 2 bridgehead atoms. The smallest absolute Gasteiger partial charge is 0.254 e. The topological polar surface area (TPSA) is 23.6 Å². The first-order valence-corrected chi connectivity index (χ1v) is 10.3. The van der Waals surface area contributed by atoms with E-state index in [0.29, 0.717) is 23.1 Å². The Hall–Kier alpha value is -1.84. The normalized spacial score (nSPS) is 24.7. The van der Waals surface area contributed by atoms with Crippen LogP contribution in [0.2, 0.25) is 5.02 Å². The summed E-state index contributed by atoms with van der Waals surface area (Å²) in [6.45, 7) is 0.763. The van der Waals surface area contributed by atoms with Crippen LogP contribution in [0.5, 0.6) is 0 Å². The Balaban J connectivity index is 1.55. The number of hydrogen-bond donors (Lipinski definition) is 0. The Kier molecular flexibility index (Phi) is 5.51. The maximum atomic E-state index is 13.4. The summed E-state index contributed by atoms with van der Waals surface area (Å²) in [5.74, 6) is 0.136. The fourth-order valence-electron chi connectivity index (χ4n) is 4.74. The van der Waals surface area contributed by atoms with Gasteiger partial charge >= 0.3 is 0 Å². The molecular weight excluding hydrogens is 356 g/mol. The highest BCUT2D eigenvalue weighted by atomic mass is 35.5. The zero-order chi connectivity index (χ0) is 18.8. The maximum absolute atomic E-state index is 13.4. The quantitative estimate of drug-likeness (QED) is 0.751. The highest BCUT2D eigenvalue weighted by molar-refractivity contribution is 6.30. The van der Waals surface area contributed by atoms with E-state index >= 15 is 0 Å². The highest BCUT2D eigenvalue weighted by Crippen LogP contribution is 2.36. The molecule has 0 radical (unpaired) electrons. The van der Waals surface area contributed by atoms with Crippen LogP contribution in [0.25, 0.3) is 0 Å². The lowest BCUT2D eigenvalue weighted by molar-refractivity contribution is 0.0488. The zero-order valence-electron chi connectivity index (χ0n) is 15.9. The molecule has 1 amide bonds. The average molecular weight is 383 g/mol. The number of carbonyl (C=O) groups is 1. The van der Waals surface area contributed by atoms with Crippen LogP contribution in [0.3, 0.4) is 0 Å². The Morgan fingerprint density at radius 1 is 1.04 bits per heavy atom. The first-order valence-electron chi connectivity index (χ1n) is 9.94. The molecule has 2 heterocycles. The second-order valence-corrected chi connectivity index (χ2v) is 8.35. The number of hydrogen-bond acceptors (Lipinski definition) is 2. The minimum Gasteiger partial charge on any atom is -0.335 e. The molecule has 4 heteroatoms. The van der Waals surface area contributed by atoms with Crippen molar-refractivity contribution in [2.75, 3.05) is 13.6 Å². The predicted octanol–water partition coefficient (Wildman–Crippen LogP) is 4.65. The number of nitrogens with zero attached hydrogens (tertiary/aromatic N) is 2. The molecule has 27 heavy (non-hydrogen) atoms. The largest absolute Gasteiger partial charge is 0.335 e. The summed E-state index contributed by atoms with van der Waals surface area (Å²) in [5, 5.41) is 0.666. The zero-order valence-corrected chi connectivity index (χ0v) is 16.6. The molecule has 0 spiro atoms. The van der Waals surface area contributed by atoms with Crippen molar-refractivity contribution in [1.82, 2.24) is 9.80 Å². The number of halogens is 1. The van der Waals surface area contributed by atoms with Crippen LogP contribution in [0.4, 0.5) is 0 Å². The van der Waals surface area contributed by atoms with Crippen molar-refractivity contribution in [3.63, 3.8) is 0 Å². The monoisotopic (exact) mass is 382 g/mol. The number of benzene rings is 2. The third kappa shape index (κ3) is 4.04. The van der Waals surface area contributed by atoms with Gasteiger partial charge in [0.25, 0.3) is 5.91 Å². The standard InChI is InChI=1S/C23H27ClN2O/c1-25-20-11-12-21(25)16-22(15-20)26(14-13-17-5-3-2-4-6-17)23(27)18-7-9-19(24)10-8-18/h2-10,20-22H,11-16H2,1H3/t20-,21-/m0/s1. The molecule has 0 saturated carbocycles. The number of carbonyl (C=O) groups excluding carboxylic acids is 1. The minimum atomic E-state index is 0.136. The van der Waals surface area contributed by atoms with E-state index in [0.717, 1.165) is 31.4 Å². The summed E-state index contributed by atoms with van der Waals surface area (Å²) in [5.41, 5.74) is 2.01. The van der Waals surface area contributed by atoms with Crippen LogP contribution in [-0.4, -0.2) is 47.4 Å². The molecular formula is C23H27ClN2O. The van der Waals surface area contributed by atoms with Gasteiger partial charge in [0.05, 0.1) is 0 Å². The Labute approximate surface area is 166 Å². The van der Waals surface area contributed by atoms with Crippen LogP contribution >= 0.6 is 11.6 Å². The average Bonchev–Trinajstić information content (AvgIpc) is 2.90. The summed E-state index contributed by atoms with van der Waals surface area (Å²) in [6, 6.07) is 19.3. The van der Waals surface area contributed by atoms with Gasteiger partial charge in [-0.05, 0) is 69.0 Å². The Morgan fingerprint density at radius 2 is 1.67 bits per heavy atom. The molecule has 3 nitrogen and oxygen atoms in total. The maximum Gasteiger partial charge on any atom is 0.254 e. The van der Waals surface area contributed by atoms with Gasteiger partial charge in [-0.15, -0.1) is 0 Å². The second kappa shape index (κ2) is 8.04. The second-order valence-electron chi connectivity index (χ2n) is 7.92. The van der Waals surface area contributed by atoms with Gasteiger partial charge < -0.3 is 9.80 Å². The van der Waals surface area contributed by atoms with Crippen LogP contribution in [0.1, 0.15) is 41.6 Å². The molecule has 2 saturated heterocycles. The molecule has 2 fully saturated rings. The van der Waals surface area contributed by atoms with Gasteiger partial charge in [0.2, 0.25) is 0 Å². The van der Waals surface area contributed by atoms with E-state index < -0.39 is 0 Å². The lowest BCUT2D eigenvalue weighted by Crippen LogP contribution is -2.51. The highest BCUT2D eigenvalue weighted by Gasteiger charge is 2.41. The van der Waals surface area contributed by atoms with Crippen LogP contribution in [0.15, 0.2) is 54.6 Å². The van der Waals surface area contributed by atoms with E-state index in [9.17, 15) is 4.79 Å². The van der Waals surface area contributed by atoms with Crippen LogP contribution < -0.4 is 0 Å². The molecule has 2 aromatic carbocycles. The number of fused-ring (bicyclic) bond motifs is 2. The molecule has 2 aliphatic rings. The van der Waals surface area contributed by atoms with E-state index in [2.05, 4.69) is 41.1 Å². The van der Waals surface area contributed by atoms with Gasteiger partial charge in [0.15, 0.2) is 0 Å². The molecule has 0 aliphatic carbocycles. The lowest BCUT2D eigenvalue weighted by atomic mass is 9.95. The third-order valence-corrected chi connectivity index (χ3v) is 6.60. The predicted molar refractivity (Wildman–Crippen MR) is 110 cm³/mol. The van der Waals surface area contributed by atoms with Crippen molar-refractivity contribution in [3.8, 4) is 0 Å². The molecule has 2 atom stereocenters. The molecule has 0 unspecified atom stereocenters. The van der Waals surface area contributed by atoms with Crippen molar-refractivity contribution < 1.29 is 4.79 Å². The van der Waals surface area contributed by atoms with Gasteiger partial charge in [-0.25, -0.2) is 0 Å².